The van der Waals surface area contributed by atoms with Crippen LogP contribution >= 0.6 is 0 Å². The first kappa shape index (κ1) is 31.0. The van der Waals surface area contributed by atoms with Crippen molar-refractivity contribution in [1.29, 1.82) is 5.26 Å². The summed E-state index contributed by atoms with van der Waals surface area (Å²) in [6.07, 6.45) is 0.260. The third-order valence-corrected chi connectivity index (χ3v) is 8.82. The number of rotatable bonds is 9. The Bertz CT molecular complexity index is 1620. The molecule has 0 spiro atoms. The van der Waals surface area contributed by atoms with Crippen LogP contribution in [-0.4, -0.2) is 55.2 Å². The summed E-state index contributed by atoms with van der Waals surface area (Å²) >= 11 is 0. The van der Waals surface area contributed by atoms with Crippen LogP contribution in [-0.2, 0) is 25.8 Å². The number of carbonyl (C=O) groups excluding carboxylic acids is 1. The zero-order chi connectivity index (χ0) is 31.7. The second-order valence-electron chi connectivity index (χ2n) is 11.8. The molecule has 6 rings (SSSR count). The monoisotopic (exact) mass is 622 g/mol. The van der Waals surface area contributed by atoms with Gasteiger partial charge in [0.2, 0.25) is 5.88 Å². The average Bonchev–Trinajstić information content (AvgIpc) is 3.75. The van der Waals surface area contributed by atoms with Gasteiger partial charge in [0.05, 0.1) is 30.4 Å². The zero-order valence-electron chi connectivity index (χ0n) is 24.8. The van der Waals surface area contributed by atoms with Crippen molar-refractivity contribution in [2.45, 2.75) is 56.9 Å². The number of anilines is 1. The Morgan fingerprint density at radius 2 is 2.02 bits per heavy atom. The van der Waals surface area contributed by atoms with Crippen LogP contribution in [0, 0.1) is 23.7 Å². The van der Waals surface area contributed by atoms with Gasteiger partial charge in [-0.3, -0.25) is 9.78 Å². The molecular formula is C33H33F3N4O5. The molecule has 0 radical (unpaired) electrons. The summed E-state index contributed by atoms with van der Waals surface area (Å²) in [6, 6.07) is 13.4. The maximum absolute atomic E-state index is 13.2. The molecule has 3 unspecified atom stereocenters. The molecule has 4 heterocycles. The lowest BCUT2D eigenvalue weighted by Gasteiger charge is -2.27. The van der Waals surface area contributed by atoms with Crippen LogP contribution in [0.25, 0.3) is 11.1 Å². The highest BCUT2D eigenvalue weighted by molar-refractivity contribution is 6.04. The normalized spacial score (nSPS) is 24.3. The maximum atomic E-state index is 13.2. The topological polar surface area (TPSA) is 116 Å². The summed E-state index contributed by atoms with van der Waals surface area (Å²) in [4.78, 5) is 21.1. The molecule has 45 heavy (non-hydrogen) atoms. The molecule has 3 aromatic rings. The third kappa shape index (κ3) is 6.38. The summed E-state index contributed by atoms with van der Waals surface area (Å²) in [6.45, 7) is 4.02. The van der Waals surface area contributed by atoms with Gasteiger partial charge in [0, 0.05) is 42.1 Å². The van der Waals surface area contributed by atoms with E-state index in [-0.39, 0.29) is 18.5 Å². The number of nitriles is 1. The number of fused-ring (bicyclic) bond motifs is 1. The van der Waals surface area contributed by atoms with Crippen molar-refractivity contribution in [1.82, 2.24) is 9.97 Å². The minimum Gasteiger partial charge on any atom is -0.475 e. The van der Waals surface area contributed by atoms with Crippen molar-refractivity contribution in [2.24, 2.45) is 5.41 Å². The molecule has 2 saturated heterocycles. The second-order valence-corrected chi connectivity index (χ2v) is 11.8. The Morgan fingerprint density at radius 3 is 2.80 bits per heavy atom. The smallest absolute Gasteiger partial charge is 0.433 e. The molecular weight excluding hydrogens is 589 g/mol. The van der Waals surface area contributed by atoms with Gasteiger partial charge < -0.3 is 24.3 Å². The number of hydrogen-bond donors (Lipinski definition) is 1. The van der Waals surface area contributed by atoms with Gasteiger partial charge in [-0.25, -0.2) is 4.98 Å². The van der Waals surface area contributed by atoms with Crippen molar-refractivity contribution in [3.05, 3.63) is 71.2 Å². The SMILES string of the molecule is Cc1ccc(NC(=O)c2ccnc(C(F)(F)F)c2)cc1-c1cc(OCCOC2CCCCO2)nc(C23CCOCC2(C#N)C3)c1. The lowest BCUT2D eigenvalue weighted by molar-refractivity contribution is -0.165. The molecule has 2 aromatic heterocycles. The van der Waals surface area contributed by atoms with Crippen LogP contribution in [0.1, 0.15) is 59.4 Å². The number of benzene rings is 1. The Morgan fingerprint density at radius 1 is 1.16 bits per heavy atom. The molecule has 0 bridgehead atoms. The maximum Gasteiger partial charge on any atom is 0.433 e. The molecule has 1 aliphatic carbocycles. The first-order valence-electron chi connectivity index (χ1n) is 15.0. The predicted molar refractivity (Wildman–Crippen MR) is 156 cm³/mol. The molecule has 9 nitrogen and oxygen atoms in total. The summed E-state index contributed by atoms with van der Waals surface area (Å²) in [5.41, 5.74) is 1.14. The lowest BCUT2D eigenvalue weighted by atomic mass is 9.85. The summed E-state index contributed by atoms with van der Waals surface area (Å²) < 4.78 is 62.7. The fraction of sp³-hybridized carbons (Fsp3) is 0.455. The number of nitrogens with zero attached hydrogens (tertiary/aromatic N) is 3. The van der Waals surface area contributed by atoms with Crippen LogP contribution < -0.4 is 10.1 Å². The van der Waals surface area contributed by atoms with E-state index in [2.05, 4.69) is 16.4 Å². The van der Waals surface area contributed by atoms with Gasteiger partial charge >= 0.3 is 6.18 Å². The van der Waals surface area contributed by atoms with E-state index in [4.69, 9.17) is 23.9 Å². The van der Waals surface area contributed by atoms with Crippen molar-refractivity contribution in [3.8, 4) is 23.1 Å². The van der Waals surface area contributed by atoms with E-state index in [1.54, 1.807) is 18.2 Å². The van der Waals surface area contributed by atoms with Gasteiger partial charge in [0.25, 0.3) is 5.91 Å². The fourth-order valence-electron chi connectivity index (χ4n) is 6.21. The average molecular weight is 623 g/mol. The Hall–Kier alpha value is -4.05. The molecule has 3 atom stereocenters. The largest absolute Gasteiger partial charge is 0.475 e. The number of pyridine rings is 2. The number of amides is 1. The summed E-state index contributed by atoms with van der Waals surface area (Å²) in [5.74, 6) is -0.322. The first-order chi connectivity index (χ1) is 21.6. The van der Waals surface area contributed by atoms with E-state index in [1.807, 2.05) is 19.1 Å². The quantitative estimate of drug-likeness (QED) is 0.280. The van der Waals surface area contributed by atoms with Crippen LogP contribution in [0.5, 0.6) is 5.88 Å². The van der Waals surface area contributed by atoms with Crippen molar-refractivity contribution < 1.29 is 36.9 Å². The molecule has 1 N–H and O–H groups in total. The molecule has 1 amide bonds. The van der Waals surface area contributed by atoms with Gasteiger partial charge in [-0.1, -0.05) is 6.07 Å². The molecule has 3 fully saturated rings. The van der Waals surface area contributed by atoms with E-state index in [9.17, 15) is 23.2 Å². The number of ether oxygens (including phenoxy) is 4. The molecule has 1 aromatic carbocycles. The van der Waals surface area contributed by atoms with E-state index in [0.717, 1.165) is 53.9 Å². The number of hydrogen-bond acceptors (Lipinski definition) is 8. The third-order valence-electron chi connectivity index (χ3n) is 8.82. The van der Waals surface area contributed by atoms with Crippen LogP contribution in [0.2, 0.25) is 0 Å². The van der Waals surface area contributed by atoms with Gasteiger partial charge in [0.1, 0.15) is 12.3 Å². The highest BCUT2D eigenvalue weighted by Crippen LogP contribution is 2.68. The minimum atomic E-state index is -4.67. The number of nitrogens with one attached hydrogen (secondary N) is 1. The standard InChI is InChI=1S/C33H33F3N4O5/c1-21-5-6-24(39-30(41)22-7-9-38-27(14-22)33(34,35)36)17-25(21)23-15-26(32-8-11-42-20-31(32,18-32)19-37)40-28(16-23)43-12-13-45-29-4-2-3-10-44-29/h5-7,9,14-17,29H,2-4,8,10-13,18,20H2,1H3,(H,39,41). The molecule has 1 saturated carbocycles. The van der Waals surface area contributed by atoms with E-state index < -0.39 is 28.6 Å². The number of carbonyl (C=O) groups is 1. The zero-order valence-corrected chi connectivity index (χ0v) is 24.8. The Labute approximate surface area is 258 Å². The van der Waals surface area contributed by atoms with E-state index in [1.165, 1.54) is 6.07 Å². The van der Waals surface area contributed by atoms with E-state index >= 15 is 0 Å². The van der Waals surface area contributed by atoms with Crippen molar-refractivity contribution in [2.75, 3.05) is 38.4 Å². The Balaban J connectivity index is 1.27. The predicted octanol–water partition coefficient (Wildman–Crippen LogP) is 6.22. The van der Waals surface area contributed by atoms with Gasteiger partial charge in [0.15, 0.2) is 6.29 Å². The molecule has 2 aliphatic heterocycles. The number of aromatic nitrogens is 2. The van der Waals surface area contributed by atoms with Crippen LogP contribution in [0.3, 0.4) is 0 Å². The van der Waals surface area contributed by atoms with Gasteiger partial charge in [-0.05, 0) is 86.1 Å². The van der Waals surface area contributed by atoms with Crippen LogP contribution in [0.15, 0.2) is 48.7 Å². The highest BCUT2D eigenvalue weighted by atomic mass is 19.4. The summed E-state index contributed by atoms with van der Waals surface area (Å²) in [7, 11) is 0. The lowest BCUT2D eigenvalue weighted by Crippen LogP contribution is -2.30. The number of aryl methyl sites for hydroxylation is 1. The Kier molecular flexibility index (Phi) is 8.52. The summed E-state index contributed by atoms with van der Waals surface area (Å²) in [5, 5.41) is 12.8. The van der Waals surface area contributed by atoms with Crippen molar-refractivity contribution in [3.63, 3.8) is 0 Å². The van der Waals surface area contributed by atoms with E-state index in [0.29, 0.717) is 50.8 Å². The van der Waals surface area contributed by atoms with Crippen molar-refractivity contribution >= 4 is 11.6 Å². The molecule has 12 heteroatoms. The van der Waals surface area contributed by atoms with Gasteiger partial charge in [-0.2, -0.15) is 18.4 Å². The fourth-order valence-corrected chi connectivity index (χ4v) is 6.21. The second kappa shape index (κ2) is 12.4. The highest BCUT2D eigenvalue weighted by Gasteiger charge is 2.71. The number of alkyl halides is 3. The first-order valence-corrected chi connectivity index (χ1v) is 15.0. The number of halogens is 3. The molecule has 3 aliphatic rings. The molecule has 236 valence electrons. The van der Waals surface area contributed by atoms with Gasteiger partial charge in [-0.15, -0.1) is 0 Å². The van der Waals surface area contributed by atoms with Crippen LogP contribution in [0.4, 0.5) is 18.9 Å². The minimum absolute atomic E-state index is 0.164.